The van der Waals surface area contributed by atoms with E-state index in [-0.39, 0.29) is 21.2 Å². The molecule has 1 N–H and O–H groups in total. The lowest BCUT2D eigenvalue weighted by Gasteiger charge is -2.20. The van der Waals surface area contributed by atoms with Crippen LogP contribution in [-0.4, -0.2) is 5.11 Å². The largest absolute Gasteiger partial charge is 0.506 e. The van der Waals surface area contributed by atoms with E-state index in [0.717, 1.165) is 11.1 Å². The number of benzene rings is 5. The second-order valence-corrected chi connectivity index (χ2v) is 11.6. The third-order valence-electron chi connectivity index (χ3n) is 6.28. The number of hydrogen-bond donors (Lipinski definition) is 1. The van der Waals surface area contributed by atoms with Crippen molar-refractivity contribution >= 4 is 58.0 Å². The first-order valence-corrected chi connectivity index (χ1v) is 13.7. The number of halogens is 2. The molecule has 4 aromatic rings. The third kappa shape index (κ3) is 4.40. The fourth-order valence-corrected chi connectivity index (χ4v) is 7.20. The molecule has 0 fully saturated rings. The summed E-state index contributed by atoms with van der Waals surface area (Å²) in [7, 11) is -0.750. The molecule has 1 aliphatic heterocycles. The van der Waals surface area contributed by atoms with Crippen LogP contribution in [0.2, 0.25) is 10.0 Å². The van der Waals surface area contributed by atoms with E-state index < -0.39 is 7.92 Å². The molecular formula is C31H19Cl2O3P. The van der Waals surface area contributed by atoms with Gasteiger partial charge in [-0.15, -0.1) is 0 Å². The monoisotopic (exact) mass is 540 g/mol. The van der Waals surface area contributed by atoms with Gasteiger partial charge in [0.05, 0.1) is 10.0 Å². The highest BCUT2D eigenvalue weighted by molar-refractivity contribution is 7.79. The Morgan fingerprint density at radius 1 is 0.676 bits per heavy atom. The molecule has 0 aromatic heterocycles. The lowest BCUT2D eigenvalue weighted by Crippen LogP contribution is -2.20. The van der Waals surface area contributed by atoms with Crippen molar-refractivity contribution < 1.29 is 9.52 Å². The Balaban J connectivity index is 1.56. The minimum absolute atomic E-state index is 0.0914. The molecule has 1 heterocycles. The van der Waals surface area contributed by atoms with Gasteiger partial charge in [-0.25, -0.2) is 0 Å². The molecule has 0 amide bonds. The van der Waals surface area contributed by atoms with Crippen LogP contribution < -0.4 is 21.3 Å². The predicted molar refractivity (Wildman–Crippen MR) is 155 cm³/mol. The van der Waals surface area contributed by atoms with Gasteiger partial charge in [-0.3, -0.25) is 4.79 Å². The Hall–Kier alpha value is -3.62. The minimum Gasteiger partial charge on any atom is -0.506 e. The van der Waals surface area contributed by atoms with Gasteiger partial charge in [-0.1, -0.05) is 108 Å². The maximum absolute atomic E-state index is 12.3. The van der Waals surface area contributed by atoms with Crippen LogP contribution in [-0.2, 0) is 0 Å². The zero-order valence-electron chi connectivity index (χ0n) is 19.4. The van der Waals surface area contributed by atoms with Crippen molar-refractivity contribution in [2.45, 2.75) is 0 Å². The third-order valence-corrected chi connectivity index (χ3v) is 9.33. The van der Waals surface area contributed by atoms with E-state index in [1.807, 2.05) is 12.1 Å². The quantitative estimate of drug-likeness (QED) is 0.188. The van der Waals surface area contributed by atoms with Gasteiger partial charge in [0.1, 0.15) is 17.1 Å². The van der Waals surface area contributed by atoms with E-state index in [2.05, 4.69) is 72.8 Å². The van der Waals surface area contributed by atoms with Crippen molar-refractivity contribution in [1.82, 2.24) is 0 Å². The van der Waals surface area contributed by atoms with Crippen LogP contribution in [0.15, 0.2) is 118 Å². The van der Waals surface area contributed by atoms with Crippen LogP contribution >= 0.6 is 31.1 Å². The summed E-state index contributed by atoms with van der Waals surface area (Å²) in [5, 5.41) is 15.0. The molecule has 2 aliphatic rings. The highest BCUT2D eigenvalue weighted by Gasteiger charge is 2.21. The van der Waals surface area contributed by atoms with Gasteiger partial charge in [0.25, 0.3) is 0 Å². The summed E-state index contributed by atoms with van der Waals surface area (Å²) in [5.41, 5.74) is 2.54. The molecule has 180 valence electrons. The summed E-state index contributed by atoms with van der Waals surface area (Å²) in [6.07, 6.45) is 0. The van der Waals surface area contributed by atoms with Gasteiger partial charge in [-0.05, 0) is 41.5 Å². The molecular weight excluding hydrogens is 522 g/mol. The first kappa shape index (κ1) is 23.8. The first-order valence-electron chi connectivity index (χ1n) is 11.6. The van der Waals surface area contributed by atoms with Gasteiger partial charge >= 0.3 is 0 Å². The molecule has 6 rings (SSSR count). The highest BCUT2D eigenvalue weighted by Crippen LogP contribution is 2.43. The lowest BCUT2D eigenvalue weighted by atomic mass is 9.94. The minimum atomic E-state index is -0.750. The SMILES string of the molecule is O=c1cc2oc3cc(O)c(Cl)cc3c(-c3ccc(P(c4ccccc4)c4ccccc4)cc3)c-2cc1Cl. The standard InChI is InChI=1S/C31H19Cl2O3P/c32-25-15-23-29(17-27(25)34)36-30-18-28(35)26(33)16-24(30)31(23)19-11-13-22(14-12-19)37(20-7-3-1-4-8-20)21-9-5-2-6-10-21/h1-18,34H. The van der Waals surface area contributed by atoms with E-state index in [1.165, 1.54) is 28.0 Å². The Labute approximate surface area is 224 Å². The number of hydrogen-bond acceptors (Lipinski definition) is 3. The molecule has 6 heteroatoms. The summed E-state index contributed by atoms with van der Waals surface area (Å²) in [6, 6.07) is 35.6. The van der Waals surface area contributed by atoms with Gasteiger partial charge in [-0.2, -0.15) is 0 Å². The second-order valence-electron chi connectivity index (χ2n) is 8.61. The van der Waals surface area contributed by atoms with Gasteiger partial charge in [0, 0.05) is 28.6 Å². The van der Waals surface area contributed by atoms with Crippen molar-refractivity contribution in [3.8, 4) is 28.2 Å². The molecule has 0 unspecified atom stereocenters. The summed E-state index contributed by atoms with van der Waals surface area (Å²) >= 11 is 12.5. The average molecular weight is 541 g/mol. The highest BCUT2D eigenvalue weighted by atomic mass is 35.5. The van der Waals surface area contributed by atoms with E-state index in [9.17, 15) is 9.90 Å². The summed E-state index contributed by atoms with van der Waals surface area (Å²) in [5.74, 6) is 0.296. The molecule has 37 heavy (non-hydrogen) atoms. The molecule has 0 bridgehead atoms. The van der Waals surface area contributed by atoms with Crippen LogP contribution in [0.1, 0.15) is 0 Å². The van der Waals surface area contributed by atoms with Crippen LogP contribution in [0.25, 0.3) is 33.4 Å². The number of fused-ring (bicyclic) bond motifs is 2. The Morgan fingerprint density at radius 3 is 1.89 bits per heavy atom. The molecule has 0 radical (unpaired) electrons. The Morgan fingerprint density at radius 2 is 1.27 bits per heavy atom. The van der Waals surface area contributed by atoms with E-state index in [1.54, 1.807) is 12.1 Å². The van der Waals surface area contributed by atoms with E-state index in [0.29, 0.717) is 22.3 Å². The van der Waals surface area contributed by atoms with Crippen LogP contribution in [0.4, 0.5) is 0 Å². The predicted octanol–water partition coefficient (Wildman–Crippen LogP) is 7.34. The molecule has 0 saturated heterocycles. The number of phenolic OH excluding ortho intramolecular Hbond substituents is 1. The molecule has 0 spiro atoms. The fraction of sp³-hybridized carbons (Fsp3) is 0. The molecule has 0 atom stereocenters. The summed E-state index contributed by atoms with van der Waals surface area (Å²) in [6.45, 7) is 0. The lowest BCUT2D eigenvalue weighted by molar-refractivity contribution is 0.474. The number of aromatic hydroxyl groups is 1. The van der Waals surface area contributed by atoms with E-state index in [4.69, 9.17) is 27.6 Å². The topological polar surface area (TPSA) is 50.4 Å². The second kappa shape index (κ2) is 9.68. The van der Waals surface area contributed by atoms with Crippen molar-refractivity contribution in [3.63, 3.8) is 0 Å². The smallest absolute Gasteiger partial charge is 0.200 e. The molecule has 4 aromatic carbocycles. The maximum atomic E-state index is 12.3. The van der Waals surface area contributed by atoms with Crippen LogP contribution in [0.3, 0.4) is 0 Å². The number of phenols is 1. The maximum Gasteiger partial charge on any atom is 0.200 e. The normalized spacial score (nSPS) is 11.4. The van der Waals surface area contributed by atoms with Crippen molar-refractivity contribution in [2.75, 3.05) is 0 Å². The first-order chi connectivity index (χ1) is 18.0. The fourth-order valence-electron chi connectivity index (χ4n) is 4.59. The molecule has 3 nitrogen and oxygen atoms in total. The Kier molecular flexibility index (Phi) is 6.22. The number of rotatable bonds is 4. The van der Waals surface area contributed by atoms with Crippen LogP contribution in [0.5, 0.6) is 5.75 Å². The molecule has 0 saturated carbocycles. The summed E-state index contributed by atoms with van der Waals surface area (Å²) in [4.78, 5) is 12.3. The molecule has 1 aliphatic carbocycles. The average Bonchev–Trinajstić information content (AvgIpc) is 2.91. The van der Waals surface area contributed by atoms with Gasteiger partial charge in [0.2, 0.25) is 5.43 Å². The van der Waals surface area contributed by atoms with Gasteiger partial charge in [0.15, 0.2) is 0 Å². The Bertz CT molecular complexity index is 1730. The van der Waals surface area contributed by atoms with Crippen molar-refractivity contribution in [2.24, 2.45) is 0 Å². The zero-order valence-corrected chi connectivity index (χ0v) is 21.8. The summed E-state index contributed by atoms with van der Waals surface area (Å²) < 4.78 is 5.98. The van der Waals surface area contributed by atoms with Gasteiger partial charge < -0.3 is 9.52 Å². The van der Waals surface area contributed by atoms with Crippen molar-refractivity contribution in [3.05, 3.63) is 129 Å². The zero-order chi connectivity index (χ0) is 25.5. The van der Waals surface area contributed by atoms with Crippen LogP contribution in [0, 0.1) is 0 Å². The van der Waals surface area contributed by atoms with E-state index >= 15 is 0 Å². The van der Waals surface area contributed by atoms with Crippen molar-refractivity contribution in [1.29, 1.82) is 0 Å².